The zero-order valence-corrected chi connectivity index (χ0v) is 11.4. The van der Waals surface area contributed by atoms with E-state index in [4.69, 9.17) is 28.9 Å². The number of carbonyl (C=O) groups excluding carboxylic acids is 1. The average molecular weight is 317 g/mol. The van der Waals surface area contributed by atoms with Gasteiger partial charge in [0.2, 0.25) is 0 Å². The first kappa shape index (κ1) is 14.6. The van der Waals surface area contributed by atoms with Gasteiger partial charge < -0.3 is 11.1 Å². The van der Waals surface area contributed by atoms with Crippen LogP contribution in [0.5, 0.6) is 0 Å². The minimum Gasteiger partial charge on any atom is -0.399 e. The lowest BCUT2D eigenvalue weighted by Gasteiger charge is -2.08. The number of carbonyl (C=O) groups is 1. The summed E-state index contributed by atoms with van der Waals surface area (Å²) in [5.74, 6) is -2.27. The summed E-state index contributed by atoms with van der Waals surface area (Å²) in [5, 5.41) is 1.88. The summed E-state index contributed by atoms with van der Waals surface area (Å²) in [5.41, 5.74) is 5.55. The van der Waals surface area contributed by atoms with Crippen LogP contribution in [0.1, 0.15) is 10.4 Å². The number of anilines is 2. The van der Waals surface area contributed by atoms with Crippen molar-refractivity contribution in [2.75, 3.05) is 11.1 Å². The lowest BCUT2D eigenvalue weighted by atomic mass is 10.1. The molecule has 0 atom stereocenters. The van der Waals surface area contributed by atoms with Crippen LogP contribution in [0.4, 0.5) is 20.2 Å². The number of hydrogen-bond acceptors (Lipinski definition) is 2. The number of amides is 1. The molecule has 3 nitrogen and oxygen atoms in total. The molecule has 1 amide bonds. The third-order valence-electron chi connectivity index (χ3n) is 2.48. The Morgan fingerprint density at radius 2 is 1.70 bits per heavy atom. The SMILES string of the molecule is Nc1ccc(C(=O)Nc2cc(Cl)c(F)c(Cl)c2)c(F)c1. The van der Waals surface area contributed by atoms with E-state index in [1.54, 1.807) is 0 Å². The second-order valence-corrected chi connectivity index (χ2v) is 4.76. The molecule has 0 aromatic heterocycles. The van der Waals surface area contributed by atoms with Crippen molar-refractivity contribution in [2.24, 2.45) is 0 Å². The molecule has 2 rings (SSSR count). The van der Waals surface area contributed by atoms with Crippen molar-refractivity contribution >= 4 is 40.5 Å². The maximum atomic E-state index is 13.6. The van der Waals surface area contributed by atoms with Crippen molar-refractivity contribution in [3.63, 3.8) is 0 Å². The van der Waals surface area contributed by atoms with E-state index in [2.05, 4.69) is 5.32 Å². The van der Waals surface area contributed by atoms with Gasteiger partial charge in [0.05, 0.1) is 15.6 Å². The molecule has 0 saturated heterocycles. The molecule has 20 heavy (non-hydrogen) atoms. The Hall–Kier alpha value is -1.85. The van der Waals surface area contributed by atoms with Gasteiger partial charge in [-0.05, 0) is 30.3 Å². The first-order valence-electron chi connectivity index (χ1n) is 5.39. The van der Waals surface area contributed by atoms with E-state index in [-0.39, 0.29) is 27.0 Å². The molecule has 0 heterocycles. The van der Waals surface area contributed by atoms with Gasteiger partial charge >= 0.3 is 0 Å². The van der Waals surface area contributed by atoms with Gasteiger partial charge in [0.25, 0.3) is 5.91 Å². The van der Waals surface area contributed by atoms with Gasteiger partial charge in [0.15, 0.2) is 5.82 Å². The minimum absolute atomic E-state index is 0.155. The first-order chi connectivity index (χ1) is 9.38. The fourth-order valence-electron chi connectivity index (χ4n) is 1.54. The average Bonchev–Trinajstić information content (AvgIpc) is 2.35. The maximum absolute atomic E-state index is 13.6. The molecule has 2 aromatic rings. The van der Waals surface area contributed by atoms with E-state index in [0.29, 0.717) is 0 Å². The van der Waals surface area contributed by atoms with Crippen LogP contribution in [0.15, 0.2) is 30.3 Å². The second-order valence-electron chi connectivity index (χ2n) is 3.95. The van der Waals surface area contributed by atoms with Gasteiger partial charge in [-0.1, -0.05) is 23.2 Å². The summed E-state index contributed by atoms with van der Waals surface area (Å²) in [6.45, 7) is 0. The van der Waals surface area contributed by atoms with E-state index in [1.165, 1.54) is 24.3 Å². The minimum atomic E-state index is -0.787. The van der Waals surface area contributed by atoms with Gasteiger partial charge in [-0.15, -0.1) is 0 Å². The predicted octanol–water partition coefficient (Wildman–Crippen LogP) is 4.11. The highest BCUT2D eigenvalue weighted by Gasteiger charge is 2.14. The Morgan fingerprint density at radius 3 is 2.25 bits per heavy atom. The van der Waals surface area contributed by atoms with Crippen LogP contribution < -0.4 is 11.1 Å². The summed E-state index contributed by atoms with van der Waals surface area (Å²) in [4.78, 5) is 11.9. The molecule has 7 heteroatoms. The molecule has 0 aliphatic rings. The molecule has 0 fully saturated rings. The molecular formula is C13H8Cl2F2N2O. The Bertz CT molecular complexity index is 669. The van der Waals surface area contributed by atoms with Crippen molar-refractivity contribution in [1.29, 1.82) is 0 Å². The number of hydrogen-bond donors (Lipinski definition) is 2. The highest BCUT2D eigenvalue weighted by molar-refractivity contribution is 6.35. The molecule has 0 aliphatic carbocycles. The van der Waals surface area contributed by atoms with E-state index in [0.717, 1.165) is 6.07 Å². The predicted molar refractivity (Wildman–Crippen MR) is 75.2 cm³/mol. The summed E-state index contributed by atoms with van der Waals surface area (Å²) < 4.78 is 26.8. The number of nitrogens with two attached hydrogens (primary N) is 1. The molecule has 104 valence electrons. The van der Waals surface area contributed by atoms with Crippen molar-refractivity contribution in [1.82, 2.24) is 0 Å². The van der Waals surface area contributed by atoms with Gasteiger partial charge in [-0.25, -0.2) is 8.78 Å². The molecule has 0 radical (unpaired) electrons. The molecule has 0 spiro atoms. The lowest BCUT2D eigenvalue weighted by Crippen LogP contribution is -2.14. The van der Waals surface area contributed by atoms with Crippen molar-refractivity contribution in [2.45, 2.75) is 0 Å². The van der Waals surface area contributed by atoms with Crippen LogP contribution >= 0.6 is 23.2 Å². The fraction of sp³-hybridized carbons (Fsp3) is 0. The van der Waals surface area contributed by atoms with Crippen molar-refractivity contribution in [3.05, 3.63) is 57.6 Å². The third kappa shape index (κ3) is 3.00. The smallest absolute Gasteiger partial charge is 0.258 e. The van der Waals surface area contributed by atoms with Crippen LogP contribution in [0.25, 0.3) is 0 Å². The molecule has 2 aromatic carbocycles. The van der Waals surface area contributed by atoms with Crippen molar-refractivity contribution in [3.8, 4) is 0 Å². The Morgan fingerprint density at radius 1 is 1.10 bits per heavy atom. The molecule has 3 N–H and O–H groups in total. The van der Waals surface area contributed by atoms with Crippen LogP contribution in [0.3, 0.4) is 0 Å². The quantitative estimate of drug-likeness (QED) is 0.647. The highest BCUT2D eigenvalue weighted by atomic mass is 35.5. The molecule has 0 aliphatic heterocycles. The molecular weight excluding hydrogens is 309 g/mol. The van der Waals surface area contributed by atoms with E-state index in [9.17, 15) is 13.6 Å². The Balaban J connectivity index is 2.28. The molecule has 0 bridgehead atoms. The topological polar surface area (TPSA) is 55.1 Å². The maximum Gasteiger partial charge on any atom is 0.258 e. The number of benzene rings is 2. The Labute approximate surface area is 123 Å². The Kier molecular flexibility index (Phi) is 4.11. The highest BCUT2D eigenvalue weighted by Crippen LogP contribution is 2.27. The summed E-state index contributed by atoms with van der Waals surface area (Å²) in [7, 11) is 0. The zero-order chi connectivity index (χ0) is 14.9. The van der Waals surface area contributed by atoms with Gasteiger partial charge in [0, 0.05) is 11.4 Å². The monoisotopic (exact) mass is 316 g/mol. The zero-order valence-electron chi connectivity index (χ0n) is 9.88. The number of nitrogens with one attached hydrogen (secondary N) is 1. The van der Waals surface area contributed by atoms with E-state index >= 15 is 0 Å². The standard InChI is InChI=1S/C13H8Cl2F2N2O/c14-9-4-7(5-10(15)12(9)17)19-13(20)8-2-1-6(18)3-11(8)16/h1-5H,18H2,(H,19,20). The number of nitrogen functional groups attached to an aromatic ring is 1. The second kappa shape index (κ2) is 5.64. The van der Waals surface area contributed by atoms with Crippen LogP contribution in [-0.4, -0.2) is 5.91 Å². The van der Waals surface area contributed by atoms with Crippen LogP contribution in [-0.2, 0) is 0 Å². The van der Waals surface area contributed by atoms with Crippen molar-refractivity contribution < 1.29 is 13.6 Å². The van der Waals surface area contributed by atoms with Gasteiger partial charge in [-0.2, -0.15) is 0 Å². The molecule has 0 unspecified atom stereocenters. The summed E-state index contributed by atoms with van der Waals surface area (Å²) in [6, 6.07) is 6.01. The van der Waals surface area contributed by atoms with E-state index < -0.39 is 17.5 Å². The third-order valence-corrected chi connectivity index (χ3v) is 3.03. The van der Waals surface area contributed by atoms with E-state index in [1.807, 2.05) is 0 Å². The first-order valence-corrected chi connectivity index (χ1v) is 6.15. The lowest BCUT2D eigenvalue weighted by molar-refractivity contribution is 0.102. The molecule has 0 saturated carbocycles. The number of rotatable bonds is 2. The largest absolute Gasteiger partial charge is 0.399 e. The number of halogens is 4. The fourth-order valence-corrected chi connectivity index (χ4v) is 2.03. The normalized spacial score (nSPS) is 10.4. The van der Waals surface area contributed by atoms with Crippen LogP contribution in [0, 0.1) is 11.6 Å². The van der Waals surface area contributed by atoms with Gasteiger partial charge in [0.1, 0.15) is 5.82 Å². The summed E-state index contributed by atoms with van der Waals surface area (Å²) in [6.07, 6.45) is 0. The van der Waals surface area contributed by atoms with Crippen LogP contribution in [0.2, 0.25) is 10.0 Å². The van der Waals surface area contributed by atoms with Gasteiger partial charge in [-0.3, -0.25) is 4.79 Å². The summed E-state index contributed by atoms with van der Waals surface area (Å²) >= 11 is 11.2.